The van der Waals surface area contributed by atoms with Gasteiger partial charge in [0.05, 0.1) is 31.4 Å². The molecule has 1 aliphatic rings. The number of methoxy groups -OCH3 is 1. The van der Waals surface area contributed by atoms with Crippen LogP contribution in [0.4, 0.5) is 5.13 Å². The van der Waals surface area contributed by atoms with Gasteiger partial charge >= 0.3 is 5.97 Å². The number of amides is 2. The predicted octanol–water partition coefficient (Wildman–Crippen LogP) is 1.94. The van der Waals surface area contributed by atoms with Crippen molar-refractivity contribution in [2.45, 2.75) is 19.3 Å². The molecule has 26 heavy (non-hydrogen) atoms. The molecule has 0 radical (unpaired) electrons. The predicted molar refractivity (Wildman–Crippen MR) is 93.8 cm³/mol. The van der Waals surface area contributed by atoms with Gasteiger partial charge in [-0.05, 0) is 25.0 Å². The maximum absolute atomic E-state index is 12.4. The summed E-state index contributed by atoms with van der Waals surface area (Å²) in [5.41, 5.74) is 0.602. The number of anilines is 1. The molecule has 8 nitrogen and oxygen atoms in total. The minimum absolute atomic E-state index is 0.0393. The fraction of sp³-hybridized carbons (Fsp3) is 0.412. The first-order chi connectivity index (χ1) is 12.6. The molecular weight excluding hydrogens is 358 g/mol. The molecule has 0 spiro atoms. The summed E-state index contributed by atoms with van der Waals surface area (Å²) in [5, 5.41) is 4.80. The van der Waals surface area contributed by atoms with Gasteiger partial charge in [-0.15, -0.1) is 11.3 Å². The molecule has 1 aliphatic heterocycles. The highest BCUT2D eigenvalue weighted by Gasteiger charge is 2.28. The van der Waals surface area contributed by atoms with Crippen molar-refractivity contribution in [2.75, 3.05) is 25.5 Å². The minimum atomic E-state index is -0.382. The van der Waals surface area contributed by atoms with E-state index in [0.29, 0.717) is 36.8 Å². The summed E-state index contributed by atoms with van der Waals surface area (Å²) < 4.78 is 9.77. The molecule has 0 unspecified atom stereocenters. The number of furan rings is 1. The van der Waals surface area contributed by atoms with Crippen LogP contribution in [-0.4, -0.2) is 47.9 Å². The average Bonchev–Trinajstić information content (AvgIpc) is 3.33. The van der Waals surface area contributed by atoms with Gasteiger partial charge in [0.1, 0.15) is 0 Å². The number of nitrogens with one attached hydrogen (secondary N) is 1. The van der Waals surface area contributed by atoms with E-state index in [9.17, 15) is 14.4 Å². The van der Waals surface area contributed by atoms with E-state index >= 15 is 0 Å². The Morgan fingerprint density at radius 3 is 2.81 bits per heavy atom. The number of hydrogen-bond donors (Lipinski definition) is 1. The van der Waals surface area contributed by atoms with Gasteiger partial charge in [0, 0.05) is 18.5 Å². The number of esters is 1. The summed E-state index contributed by atoms with van der Waals surface area (Å²) in [4.78, 5) is 41.9. The van der Waals surface area contributed by atoms with Crippen molar-refractivity contribution in [1.82, 2.24) is 9.88 Å². The third-order valence-corrected chi connectivity index (χ3v) is 5.04. The molecule has 3 heterocycles. The number of rotatable bonds is 5. The molecule has 2 amide bonds. The van der Waals surface area contributed by atoms with Crippen LogP contribution < -0.4 is 5.32 Å². The van der Waals surface area contributed by atoms with E-state index in [1.165, 1.54) is 24.7 Å². The lowest BCUT2D eigenvalue weighted by Crippen LogP contribution is -2.41. The number of hydrogen-bond acceptors (Lipinski definition) is 7. The van der Waals surface area contributed by atoms with Gasteiger partial charge in [-0.1, -0.05) is 0 Å². The SMILES string of the molecule is COC(=O)C1CCN(C(=O)Cc2csc(NC(=O)c3ccco3)n2)CC1. The van der Waals surface area contributed by atoms with E-state index in [2.05, 4.69) is 10.3 Å². The molecule has 0 bridgehead atoms. The van der Waals surface area contributed by atoms with E-state index < -0.39 is 0 Å². The number of ether oxygens (including phenoxy) is 1. The molecule has 1 fully saturated rings. The maximum atomic E-state index is 12.4. The molecule has 3 rings (SSSR count). The Bertz CT molecular complexity index is 778. The van der Waals surface area contributed by atoms with E-state index in [-0.39, 0.29) is 35.9 Å². The first-order valence-electron chi connectivity index (χ1n) is 8.21. The lowest BCUT2D eigenvalue weighted by Gasteiger charge is -2.30. The van der Waals surface area contributed by atoms with Gasteiger partial charge in [0.2, 0.25) is 5.91 Å². The molecule has 0 aromatic carbocycles. The molecule has 2 aromatic rings. The topological polar surface area (TPSA) is 102 Å². The van der Waals surface area contributed by atoms with Crippen LogP contribution in [0.3, 0.4) is 0 Å². The summed E-state index contributed by atoms with van der Waals surface area (Å²) in [5.74, 6) is -0.568. The Kier molecular flexibility index (Phi) is 5.67. The van der Waals surface area contributed by atoms with E-state index in [4.69, 9.17) is 9.15 Å². The maximum Gasteiger partial charge on any atom is 0.308 e. The lowest BCUT2D eigenvalue weighted by molar-refractivity contribution is -0.148. The van der Waals surface area contributed by atoms with Crippen LogP contribution in [0.15, 0.2) is 28.2 Å². The van der Waals surface area contributed by atoms with Crippen molar-refractivity contribution in [3.05, 3.63) is 35.2 Å². The Balaban J connectivity index is 1.50. The lowest BCUT2D eigenvalue weighted by atomic mass is 9.97. The molecule has 2 aromatic heterocycles. The molecule has 0 aliphatic carbocycles. The standard InChI is InChI=1S/C17H19N3O5S/c1-24-16(23)11-4-6-20(7-5-11)14(21)9-12-10-26-17(18-12)19-15(22)13-3-2-8-25-13/h2-3,8,10-11H,4-7,9H2,1H3,(H,18,19,22). The molecule has 1 saturated heterocycles. The highest BCUT2D eigenvalue weighted by atomic mass is 32.1. The number of piperidine rings is 1. The Morgan fingerprint density at radius 1 is 1.38 bits per heavy atom. The molecular formula is C17H19N3O5S. The van der Waals surface area contributed by atoms with Crippen LogP contribution in [0.2, 0.25) is 0 Å². The summed E-state index contributed by atoms with van der Waals surface area (Å²) in [7, 11) is 1.38. The Labute approximate surface area is 154 Å². The monoisotopic (exact) mass is 377 g/mol. The molecule has 0 atom stereocenters. The zero-order valence-electron chi connectivity index (χ0n) is 14.3. The third-order valence-electron chi connectivity index (χ3n) is 4.23. The Hall–Kier alpha value is -2.68. The van der Waals surface area contributed by atoms with Crippen molar-refractivity contribution in [2.24, 2.45) is 5.92 Å². The first-order valence-corrected chi connectivity index (χ1v) is 9.09. The summed E-state index contributed by atoms with van der Waals surface area (Å²) >= 11 is 1.25. The zero-order chi connectivity index (χ0) is 18.5. The van der Waals surface area contributed by atoms with Gasteiger partial charge in [0.25, 0.3) is 5.91 Å². The largest absolute Gasteiger partial charge is 0.469 e. The van der Waals surface area contributed by atoms with Crippen molar-refractivity contribution in [3.8, 4) is 0 Å². The highest BCUT2D eigenvalue weighted by Crippen LogP contribution is 2.21. The summed E-state index contributed by atoms with van der Waals surface area (Å²) in [6.45, 7) is 1.07. The fourth-order valence-corrected chi connectivity index (χ4v) is 3.52. The number of thiazole rings is 1. The van der Waals surface area contributed by atoms with Crippen LogP contribution in [0.25, 0.3) is 0 Å². The molecule has 0 saturated carbocycles. The van der Waals surface area contributed by atoms with Crippen LogP contribution in [0.1, 0.15) is 29.1 Å². The number of likely N-dealkylation sites (tertiary alicyclic amines) is 1. The number of nitrogens with zero attached hydrogens (tertiary/aromatic N) is 2. The highest BCUT2D eigenvalue weighted by molar-refractivity contribution is 7.14. The molecule has 138 valence electrons. The van der Waals surface area contributed by atoms with Crippen LogP contribution in [-0.2, 0) is 20.7 Å². The van der Waals surface area contributed by atoms with E-state index in [1.807, 2.05) is 0 Å². The fourth-order valence-electron chi connectivity index (χ4n) is 2.81. The van der Waals surface area contributed by atoms with Gasteiger partial charge < -0.3 is 14.1 Å². The van der Waals surface area contributed by atoms with Crippen molar-refractivity contribution < 1.29 is 23.5 Å². The smallest absolute Gasteiger partial charge is 0.308 e. The second-order valence-electron chi connectivity index (χ2n) is 5.93. The zero-order valence-corrected chi connectivity index (χ0v) is 15.1. The summed E-state index contributed by atoms with van der Waals surface area (Å²) in [6, 6.07) is 3.19. The number of aromatic nitrogens is 1. The van der Waals surface area contributed by atoms with Gasteiger partial charge in [-0.25, -0.2) is 4.98 Å². The third kappa shape index (κ3) is 4.29. The van der Waals surface area contributed by atoms with Crippen LogP contribution >= 0.6 is 11.3 Å². The van der Waals surface area contributed by atoms with Crippen molar-refractivity contribution in [3.63, 3.8) is 0 Å². The number of carbonyl (C=O) groups excluding carboxylic acids is 3. The van der Waals surface area contributed by atoms with Gasteiger partial charge in [-0.3, -0.25) is 19.7 Å². The van der Waals surface area contributed by atoms with Crippen LogP contribution in [0.5, 0.6) is 0 Å². The minimum Gasteiger partial charge on any atom is -0.469 e. The second-order valence-corrected chi connectivity index (χ2v) is 6.79. The van der Waals surface area contributed by atoms with E-state index in [0.717, 1.165) is 0 Å². The van der Waals surface area contributed by atoms with Gasteiger partial charge in [-0.2, -0.15) is 0 Å². The normalized spacial score (nSPS) is 14.9. The van der Waals surface area contributed by atoms with Gasteiger partial charge in [0.15, 0.2) is 10.9 Å². The average molecular weight is 377 g/mol. The van der Waals surface area contributed by atoms with Crippen molar-refractivity contribution >= 4 is 34.3 Å². The first kappa shape index (κ1) is 18.1. The Morgan fingerprint density at radius 2 is 2.15 bits per heavy atom. The second kappa shape index (κ2) is 8.13. The van der Waals surface area contributed by atoms with Crippen molar-refractivity contribution in [1.29, 1.82) is 0 Å². The van der Waals surface area contributed by atoms with E-state index in [1.54, 1.807) is 22.4 Å². The number of carbonyl (C=O) groups is 3. The molecule has 1 N–H and O–H groups in total. The summed E-state index contributed by atoms with van der Waals surface area (Å²) in [6.07, 6.45) is 2.81. The quantitative estimate of drug-likeness (QED) is 0.799. The molecule has 9 heteroatoms. The van der Waals surface area contributed by atoms with Crippen LogP contribution in [0, 0.1) is 5.92 Å².